The summed E-state index contributed by atoms with van der Waals surface area (Å²) in [6, 6.07) is 8.73. The Morgan fingerprint density at radius 2 is 1.74 bits per heavy atom. The maximum atomic E-state index is 11.1. The van der Waals surface area contributed by atoms with E-state index < -0.39 is 5.79 Å². The Hall–Kier alpha value is -2.00. The zero-order valence-corrected chi connectivity index (χ0v) is 19.2. The van der Waals surface area contributed by atoms with Gasteiger partial charge in [0.25, 0.3) is 0 Å². The van der Waals surface area contributed by atoms with E-state index in [9.17, 15) is 5.11 Å². The third kappa shape index (κ3) is 3.75. The smallest absolute Gasteiger partial charge is 0.230 e. The summed E-state index contributed by atoms with van der Waals surface area (Å²) in [7, 11) is 0. The molecule has 2 aliphatic heterocycles. The van der Waals surface area contributed by atoms with Gasteiger partial charge in [-0.25, -0.2) is 4.98 Å². The number of thiazole rings is 1. The van der Waals surface area contributed by atoms with Crippen LogP contribution in [0.15, 0.2) is 24.3 Å². The highest BCUT2D eigenvalue weighted by atomic mass is 32.1. The van der Waals surface area contributed by atoms with Crippen LogP contribution in [-0.2, 0) is 15.9 Å². The van der Waals surface area contributed by atoms with Gasteiger partial charge < -0.3 is 14.6 Å². The molecule has 3 aromatic rings. The average Bonchev–Trinajstić information content (AvgIpc) is 3.48. The number of hydrogen-bond acceptors (Lipinski definition) is 7. The number of hydrogen-bond donors (Lipinski definition) is 1. The maximum absolute atomic E-state index is 11.1. The second kappa shape index (κ2) is 8.16. The van der Waals surface area contributed by atoms with E-state index in [2.05, 4.69) is 53.1 Å². The number of benzene rings is 1. The second-order valence-electron chi connectivity index (χ2n) is 8.73. The molecule has 0 saturated carbocycles. The summed E-state index contributed by atoms with van der Waals surface area (Å²) >= 11 is 1.53. The summed E-state index contributed by atoms with van der Waals surface area (Å²) in [6.45, 7) is 9.45. The minimum Gasteiger partial charge on any atom is -0.492 e. The molecule has 2 fully saturated rings. The number of nitrogens with zero attached hydrogens (tertiary/aromatic N) is 4. The van der Waals surface area contributed by atoms with Gasteiger partial charge in [0.1, 0.15) is 0 Å². The predicted octanol–water partition coefficient (Wildman–Crippen LogP) is 4.11. The van der Waals surface area contributed by atoms with Gasteiger partial charge in [-0.05, 0) is 17.0 Å². The second-order valence-corrected chi connectivity index (χ2v) is 9.74. The molecule has 1 N–H and O–H groups in total. The van der Waals surface area contributed by atoms with Crippen molar-refractivity contribution in [2.24, 2.45) is 0 Å². The van der Waals surface area contributed by atoms with Crippen LogP contribution in [-0.4, -0.2) is 56.7 Å². The van der Waals surface area contributed by atoms with Crippen LogP contribution < -0.4 is 0 Å². The van der Waals surface area contributed by atoms with E-state index in [0.29, 0.717) is 19.1 Å². The number of rotatable bonds is 5. The Bertz CT molecular complexity index is 1040. The van der Waals surface area contributed by atoms with E-state index in [1.165, 1.54) is 22.5 Å². The van der Waals surface area contributed by atoms with Crippen molar-refractivity contribution in [2.45, 2.75) is 57.8 Å². The number of piperidine rings is 1. The summed E-state index contributed by atoms with van der Waals surface area (Å²) in [5, 5.41) is 15.6. The van der Waals surface area contributed by atoms with Crippen LogP contribution in [0.25, 0.3) is 4.96 Å². The first kappa shape index (κ1) is 20.9. The zero-order chi connectivity index (χ0) is 21.6. The highest BCUT2D eigenvalue weighted by Gasteiger charge is 2.42. The van der Waals surface area contributed by atoms with Crippen molar-refractivity contribution in [2.75, 3.05) is 26.3 Å². The molecule has 1 atom stereocenters. The molecular weight excluding hydrogens is 412 g/mol. The molecule has 1 spiro atoms. The van der Waals surface area contributed by atoms with Crippen LogP contribution in [0.4, 0.5) is 0 Å². The lowest BCUT2D eigenvalue weighted by Gasteiger charge is -2.41. The Morgan fingerprint density at radius 1 is 1.10 bits per heavy atom. The van der Waals surface area contributed by atoms with Gasteiger partial charge in [0.05, 0.1) is 24.1 Å². The Morgan fingerprint density at radius 3 is 2.32 bits per heavy atom. The van der Waals surface area contributed by atoms with Gasteiger partial charge in [0.15, 0.2) is 11.6 Å². The molecule has 2 saturated heterocycles. The van der Waals surface area contributed by atoms with Gasteiger partial charge in [0, 0.05) is 32.4 Å². The molecule has 1 aromatic carbocycles. The highest BCUT2D eigenvalue weighted by molar-refractivity contribution is 7.17. The van der Waals surface area contributed by atoms with Gasteiger partial charge in [-0.15, -0.1) is 5.10 Å². The van der Waals surface area contributed by atoms with E-state index in [0.717, 1.165) is 48.0 Å². The zero-order valence-electron chi connectivity index (χ0n) is 18.4. The molecule has 0 bridgehead atoms. The average molecular weight is 443 g/mol. The van der Waals surface area contributed by atoms with Crippen molar-refractivity contribution >= 4 is 16.3 Å². The third-order valence-corrected chi connectivity index (χ3v) is 7.54. The molecule has 0 aliphatic carbocycles. The van der Waals surface area contributed by atoms with Crippen LogP contribution >= 0.6 is 11.3 Å². The summed E-state index contributed by atoms with van der Waals surface area (Å²) in [4.78, 5) is 8.63. The van der Waals surface area contributed by atoms with E-state index >= 15 is 0 Å². The molecule has 5 rings (SSSR count). The van der Waals surface area contributed by atoms with Gasteiger partial charge >= 0.3 is 0 Å². The Balaban J connectivity index is 1.51. The molecule has 7 nitrogen and oxygen atoms in total. The van der Waals surface area contributed by atoms with Gasteiger partial charge in [0.2, 0.25) is 10.8 Å². The standard InChI is InChI=1S/C23H30N4O3S/c1-4-18-24-22-27(25-18)21(28)20(31-22)19(17-7-5-16(6-8-17)15(2)3)26-11-9-23(10-12-26)29-13-14-30-23/h5-8,15,19,28H,4,9-14H2,1-3H3/t19-/m0/s1. The lowest BCUT2D eigenvalue weighted by molar-refractivity contribution is -0.187. The molecule has 166 valence electrons. The molecule has 2 aliphatic rings. The summed E-state index contributed by atoms with van der Waals surface area (Å²) < 4.78 is 13.4. The van der Waals surface area contributed by atoms with Crippen LogP contribution in [0.1, 0.15) is 67.4 Å². The van der Waals surface area contributed by atoms with Crippen LogP contribution in [0, 0.1) is 0 Å². The van der Waals surface area contributed by atoms with Crippen molar-refractivity contribution in [3.8, 4) is 5.88 Å². The molecule has 0 radical (unpaired) electrons. The molecule has 0 amide bonds. The maximum Gasteiger partial charge on any atom is 0.230 e. The summed E-state index contributed by atoms with van der Waals surface area (Å²) in [5.74, 6) is 1.00. The third-order valence-electron chi connectivity index (χ3n) is 6.47. The minimum absolute atomic E-state index is 0.0569. The highest BCUT2D eigenvalue weighted by Crippen LogP contribution is 2.43. The molecule has 4 heterocycles. The Kier molecular flexibility index (Phi) is 5.50. The van der Waals surface area contributed by atoms with Crippen LogP contribution in [0.2, 0.25) is 0 Å². The van der Waals surface area contributed by atoms with E-state index in [4.69, 9.17) is 9.47 Å². The van der Waals surface area contributed by atoms with Crippen molar-refractivity contribution in [3.05, 3.63) is 46.1 Å². The molecule has 8 heteroatoms. The van der Waals surface area contributed by atoms with Crippen molar-refractivity contribution in [1.82, 2.24) is 19.5 Å². The fourth-order valence-electron chi connectivity index (χ4n) is 4.62. The lowest BCUT2D eigenvalue weighted by Crippen LogP contribution is -2.46. The van der Waals surface area contributed by atoms with E-state index in [1.807, 2.05) is 6.92 Å². The van der Waals surface area contributed by atoms with Crippen molar-refractivity contribution in [3.63, 3.8) is 0 Å². The number of fused-ring (bicyclic) bond motifs is 1. The van der Waals surface area contributed by atoms with Gasteiger partial charge in [-0.3, -0.25) is 4.90 Å². The number of aryl methyl sites for hydroxylation is 1. The monoisotopic (exact) mass is 442 g/mol. The first-order valence-corrected chi connectivity index (χ1v) is 12.0. The van der Waals surface area contributed by atoms with Gasteiger partial charge in [-0.2, -0.15) is 4.52 Å². The topological polar surface area (TPSA) is 72.1 Å². The number of aromatic nitrogens is 3. The predicted molar refractivity (Wildman–Crippen MR) is 120 cm³/mol. The fraction of sp³-hybridized carbons (Fsp3) is 0.565. The SMILES string of the molecule is CCc1nc2sc([C@H](c3ccc(C(C)C)cc3)N3CCC4(CC3)OCCO4)c(O)n2n1. The summed E-state index contributed by atoms with van der Waals surface area (Å²) in [5.41, 5.74) is 2.48. The lowest BCUT2D eigenvalue weighted by atomic mass is 9.95. The van der Waals surface area contributed by atoms with Crippen molar-refractivity contribution in [1.29, 1.82) is 0 Å². The van der Waals surface area contributed by atoms with Crippen molar-refractivity contribution < 1.29 is 14.6 Å². The fourth-order valence-corrected chi connectivity index (χ4v) is 5.75. The normalized spacial score (nSPS) is 20.3. The summed E-state index contributed by atoms with van der Waals surface area (Å²) in [6.07, 6.45) is 2.40. The van der Waals surface area contributed by atoms with E-state index in [1.54, 1.807) is 4.52 Å². The first-order valence-electron chi connectivity index (χ1n) is 11.2. The molecule has 31 heavy (non-hydrogen) atoms. The molecule has 0 unspecified atom stereocenters. The minimum atomic E-state index is -0.424. The van der Waals surface area contributed by atoms with E-state index in [-0.39, 0.29) is 11.9 Å². The Labute approximate surface area is 186 Å². The van der Waals surface area contributed by atoms with Gasteiger partial charge in [-0.1, -0.05) is 56.4 Å². The number of aromatic hydroxyl groups is 1. The quantitative estimate of drug-likeness (QED) is 0.641. The van der Waals surface area contributed by atoms with Crippen LogP contribution in [0.5, 0.6) is 5.88 Å². The first-order chi connectivity index (χ1) is 15.0. The largest absolute Gasteiger partial charge is 0.492 e. The number of likely N-dealkylation sites (tertiary alicyclic amines) is 1. The molecule has 2 aromatic heterocycles. The van der Waals surface area contributed by atoms with Crippen LogP contribution in [0.3, 0.4) is 0 Å². The molecular formula is C23H30N4O3S. The number of ether oxygens (including phenoxy) is 2.